The number of thiophene rings is 1. The molecule has 1 aromatic heterocycles. The topological polar surface area (TPSA) is 12.4 Å². The molecule has 0 unspecified atom stereocenters. The van der Waals surface area contributed by atoms with Gasteiger partial charge in [0.25, 0.3) is 0 Å². The van der Waals surface area contributed by atoms with Crippen LogP contribution < -0.4 is 0 Å². The molecule has 1 aliphatic heterocycles. The van der Waals surface area contributed by atoms with Gasteiger partial charge >= 0.3 is 0 Å². The molecule has 2 heteroatoms. The Hall–Kier alpha value is -1.93. The Morgan fingerprint density at radius 3 is 2.50 bits per heavy atom. The summed E-state index contributed by atoms with van der Waals surface area (Å²) in [6.45, 7) is 4.53. The monoisotopic (exact) mass is 277 g/mol. The second kappa shape index (κ2) is 4.03. The Kier molecular flexibility index (Phi) is 2.39. The maximum atomic E-state index is 4.90. The van der Waals surface area contributed by atoms with Crippen LogP contribution in [0.25, 0.3) is 10.1 Å². The van der Waals surface area contributed by atoms with E-state index in [0.29, 0.717) is 0 Å². The molecule has 0 fully saturated rings. The molecule has 3 aromatic rings. The Morgan fingerprint density at radius 1 is 0.950 bits per heavy atom. The first-order chi connectivity index (χ1) is 9.66. The molecule has 0 atom stereocenters. The zero-order valence-corrected chi connectivity index (χ0v) is 12.4. The van der Waals surface area contributed by atoms with E-state index in [4.69, 9.17) is 4.99 Å². The SMILES string of the molecule is CC1(C)C(c2cc3ccccc3s2)=Nc2ccccc21. The minimum atomic E-state index is -0.0164. The van der Waals surface area contributed by atoms with E-state index in [9.17, 15) is 0 Å². The van der Waals surface area contributed by atoms with Crippen LogP contribution in [0.2, 0.25) is 0 Å². The average molecular weight is 277 g/mol. The highest BCUT2D eigenvalue weighted by Crippen LogP contribution is 2.43. The molecule has 0 saturated carbocycles. The summed E-state index contributed by atoms with van der Waals surface area (Å²) in [7, 11) is 0. The molecule has 0 bridgehead atoms. The van der Waals surface area contributed by atoms with Crippen molar-refractivity contribution in [3.05, 3.63) is 65.0 Å². The van der Waals surface area contributed by atoms with E-state index in [1.54, 1.807) is 0 Å². The van der Waals surface area contributed by atoms with Gasteiger partial charge in [0.15, 0.2) is 0 Å². The number of para-hydroxylation sites is 1. The Balaban J connectivity index is 1.91. The van der Waals surface area contributed by atoms with Crippen LogP contribution in [-0.2, 0) is 5.41 Å². The maximum absolute atomic E-state index is 4.90. The summed E-state index contributed by atoms with van der Waals surface area (Å²) in [5.41, 5.74) is 3.62. The van der Waals surface area contributed by atoms with Crippen molar-refractivity contribution in [2.24, 2.45) is 4.99 Å². The highest BCUT2D eigenvalue weighted by Gasteiger charge is 2.36. The standard InChI is InChI=1S/C18H15NS/c1-18(2)13-8-4-5-9-14(13)19-17(18)16-11-12-7-3-6-10-15(12)20-16/h3-11H,1-2H3. The van der Waals surface area contributed by atoms with Crippen LogP contribution in [-0.4, -0.2) is 5.71 Å². The summed E-state index contributed by atoms with van der Waals surface area (Å²) in [5, 5.41) is 1.31. The molecular weight excluding hydrogens is 262 g/mol. The second-order valence-corrected chi connectivity index (χ2v) is 6.83. The van der Waals surface area contributed by atoms with E-state index in [1.165, 1.54) is 26.2 Å². The van der Waals surface area contributed by atoms with Crippen molar-refractivity contribution >= 4 is 32.8 Å². The minimum Gasteiger partial charge on any atom is -0.251 e. The van der Waals surface area contributed by atoms with Gasteiger partial charge in [-0.1, -0.05) is 50.2 Å². The third-order valence-electron chi connectivity index (χ3n) is 4.06. The summed E-state index contributed by atoms with van der Waals surface area (Å²) in [5.74, 6) is 0. The first-order valence-electron chi connectivity index (χ1n) is 6.84. The van der Waals surface area contributed by atoms with Gasteiger partial charge in [0.1, 0.15) is 0 Å². The predicted octanol–water partition coefficient (Wildman–Crippen LogP) is 5.31. The lowest BCUT2D eigenvalue weighted by molar-refractivity contribution is 0.739. The van der Waals surface area contributed by atoms with Gasteiger partial charge in [-0.3, -0.25) is 4.99 Å². The molecule has 98 valence electrons. The van der Waals surface area contributed by atoms with Gasteiger partial charge in [0, 0.05) is 10.1 Å². The molecule has 20 heavy (non-hydrogen) atoms. The number of hydrogen-bond acceptors (Lipinski definition) is 2. The summed E-state index contributed by atoms with van der Waals surface area (Å²) >= 11 is 1.84. The molecule has 0 saturated heterocycles. The number of aliphatic imine (C=N–C) groups is 1. The Labute approximate surface area is 122 Å². The largest absolute Gasteiger partial charge is 0.251 e. The Morgan fingerprint density at radius 2 is 1.70 bits per heavy atom. The van der Waals surface area contributed by atoms with Crippen molar-refractivity contribution in [1.82, 2.24) is 0 Å². The van der Waals surface area contributed by atoms with Gasteiger partial charge in [-0.2, -0.15) is 0 Å². The lowest BCUT2D eigenvalue weighted by atomic mass is 9.81. The first kappa shape index (κ1) is 11.9. The van der Waals surface area contributed by atoms with E-state index in [0.717, 1.165) is 5.69 Å². The maximum Gasteiger partial charge on any atom is 0.0684 e. The molecule has 4 rings (SSSR count). The van der Waals surface area contributed by atoms with Crippen LogP contribution in [0.5, 0.6) is 0 Å². The number of fused-ring (bicyclic) bond motifs is 2. The highest BCUT2D eigenvalue weighted by atomic mass is 32.1. The lowest BCUT2D eigenvalue weighted by Crippen LogP contribution is -2.25. The zero-order chi connectivity index (χ0) is 13.7. The van der Waals surface area contributed by atoms with Crippen LogP contribution in [0.3, 0.4) is 0 Å². The summed E-state index contributed by atoms with van der Waals surface area (Å²) in [6, 6.07) is 19.3. The van der Waals surface area contributed by atoms with E-state index < -0.39 is 0 Å². The van der Waals surface area contributed by atoms with Crippen LogP contribution in [0.1, 0.15) is 24.3 Å². The first-order valence-corrected chi connectivity index (χ1v) is 7.65. The van der Waals surface area contributed by atoms with Crippen LogP contribution in [0.15, 0.2) is 59.6 Å². The number of hydrogen-bond donors (Lipinski definition) is 0. The molecule has 0 radical (unpaired) electrons. The summed E-state index contributed by atoms with van der Waals surface area (Å²) in [4.78, 5) is 6.18. The van der Waals surface area contributed by atoms with Gasteiger partial charge in [-0.15, -0.1) is 11.3 Å². The quantitative estimate of drug-likeness (QED) is 0.571. The molecule has 0 spiro atoms. The molecule has 1 nitrogen and oxygen atoms in total. The van der Waals surface area contributed by atoms with E-state index in [2.05, 4.69) is 68.4 Å². The fraction of sp³-hybridized carbons (Fsp3) is 0.167. The highest BCUT2D eigenvalue weighted by molar-refractivity contribution is 7.21. The smallest absolute Gasteiger partial charge is 0.0684 e. The Bertz CT molecular complexity index is 806. The fourth-order valence-corrected chi connectivity index (χ4v) is 4.16. The van der Waals surface area contributed by atoms with Crippen molar-refractivity contribution < 1.29 is 0 Å². The van der Waals surface area contributed by atoms with Crippen molar-refractivity contribution in [3.63, 3.8) is 0 Å². The van der Waals surface area contributed by atoms with Gasteiger partial charge in [-0.05, 0) is 29.1 Å². The number of rotatable bonds is 1. The van der Waals surface area contributed by atoms with Crippen LogP contribution in [0.4, 0.5) is 5.69 Å². The minimum absolute atomic E-state index is 0.0164. The van der Waals surface area contributed by atoms with E-state index in [1.807, 2.05) is 11.3 Å². The number of benzene rings is 2. The molecule has 2 aromatic carbocycles. The molecular formula is C18H15NS. The van der Waals surface area contributed by atoms with Gasteiger partial charge in [0.2, 0.25) is 0 Å². The summed E-state index contributed by atoms with van der Waals surface area (Å²) in [6.07, 6.45) is 0. The van der Waals surface area contributed by atoms with Crippen LogP contribution >= 0.6 is 11.3 Å². The van der Waals surface area contributed by atoms with Crippen molar-refractivity contribution in [1.29, 1.82) is 0 Å². The second-order valence-electron chi connectivity index (χ2n) is 5.75. The van der Waals surface area contributed by atoms with Crippen molar-refractivity contribution in [2.45, 2.75) is 19.3 Å². The number of nitrogens with zero attached hydrogens (tertiary/aromatic N) is 1. The molecule has 2 heterocycles. The summed E-state index contributed by atoms with van der Waals surface area (Å²) < 4.78 is 1.33. The van der Waals surface area contributed by atoms with E-state index in [-0.39, 0.29) is 5.41 Å². The van der Waals surface area contributed by atoms with Gasteiger partial charge < -0.3 is 0 Å². The normalized spacial score (nSPS) is 16.2. The molecule has 0 aliphatic carbocycles. The van der Waals surface area contributed by atoms with Crippen molar-refractivity contribution in [2.75, 3.05) is 0 Å². The van der Waals surface area contributed by atoms with E-state index >= 15 is 0 Å². The van der Waals surface area contributed by atoms with Crippen LogP contribution in [0, 0.1) is 0 Å². The lowest BCUT2D eigenvalue weighted by Gasteiger charge is -2.21. The molecule has 0 amide bonds. The third kappa shape index (κ3) is 1.58. The predicted molar refractivity (Wildman–Crippen MR) is 87.5 cm³/mol. The molecule has 1 aliphatic rings. The zero-order valence-electron chi connectivity index (χ0n) is 11.6. The third-order valence-corrected chi connectivity index (χ3v) is 5.18. The van der Waals surface area contributed by atoms with Gasteiger partial charge in [0.05, 0.1) is 16.3 Å². The van der Waals surface area contributed by atoms with Gasteiger partial charge in [-0.25, -0.2) is 0 Å². The van der Waals surface area contributed by atoms with Crippen molar-refractivity contribution in [3.8, 4) is 0 Å². The average Bonchev–Trinajstić information content (AvgIpc) is 2.98. The fourth-order valence-electron chi connectivity index (χ4n) is 2.95. The molecule has 0 N–H and O–H groups in total.